The van der Waals surface area contributed by atoms with Crippen LogP contribution in [0.1, 0.15) is 32.3 Å². The Labute approximate surface area is 123 Å². The molecule has 1 atom stereocenters. The fourth-order valence-corrected chi connectivity index (χ4v) is 2.69. The van der Waals surface area contributed by atoms with Gasteiger partial charge in [0, 0.05) is 32.4 Å². The number of hydrogen-bond donors (Lipinski definition) is 1. The van der Waals surface area contributed by atoms with E-state index in [0.717, 1.165) is 26.2 Å². The van der Waals surface area contributed by atoms with Crippen LogP contribution in [0.2, 0.25) is 0 Å². The predicted molar refractivity (Wildman–Crippen MR) is 85.2 cm³/mol. The van der Waals surface area contributed by atoms with Crippen molar-refractivity contribution in [1.29, 1.82) is 0 Å². The molecule has 0 bridgehead atoms. The summed E-state index contributed by atoms with van der Waals surface area (Å²) < 4.78 is 5.49. The summed E-state index contributed by atoms with van der Waals surface area (Å²) in [6.07, 6.45) is 2.79. The minimum Gasteiger partial charge on any atom is -0.380 e. The second-order valence-corrected chi connectivity index (χ2v) is 6.14. The number of nitrogens with one attached hydrogen (secondary N) is 1. The number of methoxy groups -OCH3 is 1. The van der Waals surface area contributed by atoms with Crippen LogP contribution in [0.15, 0.2) is 24.3 Å². The fraction of sp³-hybridized carbons (Fsp3) is 0.647. The van der Waals surface area contributed by atoms with E-state index in [4.69, 9.17) is 4.74 Å². The number of ether oxygens (including phenoxy) is 1. The molecule has 112 valence electrons. The molecule has 0 spiro atoms. The highest BCUT2D eigenvalue weighted by Gasteiger charge is 2.19. The van der Waals surface area contributed by atoms with Gasteiger partial charge in [0.15, 0.2) is 0 Å². The Morgan fingerprint density at radius 2 is 2.05 bits per heavy atom. The smallest absolute Gasteiger partial charge is 0.0746 e. The number of nitrogens with zero attached hydrogens (tertiary/aromatic N) is 1. The Kier molecular flexibility index (Phi) is 5.86. The lowest BCUT2D eigenvalue weighted by Crippen LogP contribution is -2.39. The van der Waals surface area contributed by atoms with Crippen LogP contribution < -0.4 is 10.2 Å². The highest BCUT2D eigenvalue weighted by molar-refractivity contribution is 5.48. The van der Waals surface area contributed by atoms with E-state index in [9.17, 15) is 0 Å². The number of rotatable bonds is 6. The first-order valence-electron chi connectivity index (χ1n) is 7.76. The minimum absolute atomic E-state index is 0.385. The third-order valence-electron chi connectivity index (χ3n) is 3.89. The summed E-state index contributed by atoms with van der Waals surface area (Å²) in [7, 11) is 1.82. The molecule has 0 radical (unpaired) electrons. The van der Waals surface area contributed by atoms with E-state index in [0.29, 0.717) is 12.0 Å². The molecule has 1 aliphatic rings. The molecule has 2 rings (SSSR count). The zero-order valence-corrected chi connectivity index (χ0v) is 13.1. The monoisotopic (exact) mass is 276 g/mol. The van der Waals surface area contributed by atoms with Crippen molar-refractivity contribution in [3.05, 3.63) is 29.8 Å². The van der Waals surface area contributed by atoms with E-state index >= 15 is 0 Å². The standard InChI is InChI=1S/C17H28N2O/c1-14(2)11-18-12-15-6-8-16(9-7-15)19-10-4-5-17(13-19)20-3/h6-9,14,17-18H,4-5,10-13H2,1-3H3. The van der Waals surface area contributed by atoms with Crippen LogP contribution in [-0.2, 0) is 11.3 Å². The Morgan fingerprint density at radius 1 is 1.30 bits per heavy atom. The highest BCUT2D eigenvalue weighted by atomic mass is 16.5. The molecule has 1 saturated heterocycles. The lowest BCUT2D eigenvalue weighted by atomic mass is 10.1. The lowest BCUT2D eigenvalue weighted by Gasteiger charge is -2.33. The Bertz CT molecular complexity index is 388. The predicted octanol–water partition coefficient (Wildman–Crippen LogP) is 3.05. The van der Waals surface area contributed by atoms with Crippen LogP contribution in [-0.4, -0.2) is 32.8 Å². The fourth-order valence-electron chi connectivity index (χ4n) is 2.69. The Hall–Kier alpha value is -1.06. The molecule has 1 fully saturated rings. The van der Waals surface area contributed by atoms with Crippen LogP contribution in [0.3, 0.4) is 0 Å². The van der Waals surface area contributed by atoms with Gasteiger partial charge in [-0.1, -0.05) is 26.0 Å². The van der Waals surface area contributed by atoms with Crippen LogP contribution in [0, 0.1) is 5.92 Å². The molecule has 1 heterocycles. The van der Waals surface area contributed by atoms with Gasteiger partial charge in [-0.05, 0) is 43.0 Å². The summed E-state index contributed by atoms with van der Waals surface area (Å²) in [4.78, 5) is 2.43. The van der Waals surface area contributed by atoms with Gasteiger partial charge in [-0.15, -0.1) is 0 Å². The summed E-state index contributed by atoms with van der Waals surface area (Å²) in [6, 6.07) is 8.95. The summed E-state index contributed by atoms with van der Waals surface area (Å²) in [5.41, 5.74) is 2.68. The molecule has 1 unspecified atom stereocenters. The molecule has 1 aromatic carbocycles. The van der Waals surface area contributed by atoms with Gasteiger partial charge in [-0.25, -0.2) is 0 Å². The van der Waals surface area contributed by atoms with Crippen molar-refractivity contribution in [2.75, 3.05) is 31.6 Å². The van der Waals surface area contributed by atoms with E-state index in [2.05, 4.69) is 48.3 Å². The van der Waals surface area contributed by atoms with Crippen molar-refractivity contribution >= 4 is 5.69 Å². The number of benzene rings is 1. The number of anilines is 1. The van der Waals surface area contributed by atoms with Crippen molar-refractivity contribution < 1.29 is 4.74 Å². The van der Waals surface area contributed by atoms with Crippen molar-refractivity contribution in [2.45, 2.75) is 39.3 Å². The molecule has 0 aromatic heterocycles. The van der Waals surface area contributed by atoms with Gasteiger partial charge in [0.05, 0.1) is 6.10 Å². The maximum Gasteiger partial charge on any atom is 0.0746 e. The van der Waals surface area contributed by atoms with Gasteiger partial charge in [0.1, 0.15) is 0 Å². The molecular weight excluding hydrogens is 248 g/mol. The van der Waals surface area contributed by atoms with Crippen molar-refractivity contribution in [2.24, 2.45) is 5.92 Å². The first-order valence-corrected chi connectivity index (χ1v) is 7.76. The summed E-state index contributed by atoms with van der Waals surface area (Å²) in [5, 5.41) is 3.48. The van der Waals surface area contributed by atoms with Gasteiger partial charge in [0.2, 0.25) is 0 Å². The second-order valence-electron chi connectivity index (χ2n) is 6.14. The maximum atomic E-state index is 5.49. The maximum absolute atomic E-state index is 5.49. The van der Waals surface area contributed by atoms with Gasteiger partial charge in [0.25, 0.3) is 0 Å². The van der Waals surface area contributed by atoms with Gasteiger partial charge in [-0.3, -0.25) is 0 Å². The van der Waals surface area contributed by atoms with E-state index in [1.54, 1.807) is 0 Å². The SMILES string of the molecule is COC1CCCN(c2ccc(CNCC(C)C)cc2)C1. The van der Waals surface area contributed by atoms with Crippen LogP contribution in [0.25, 0.3) is 0 Å². The first kappa shape index (κ1) is 15.3. The summed E-state index contributed by atoms with van der Waals surface area (Å²) in [5.74, 6) is 0.702. The highest BCUT2D eigenvalue weighted by Crippen LogP contribution is 2.21. The summed E-state index contributed by atoms with van der Waals surface area (Å²) >= 11 is 0. The van der Waals surface area contributed by atoms with Crippen LogP contribution in [0.5, 0.6) is 0 Å². The van der Waals surface area contributed by atoms with E-state index < -0.39 is 0 Å². The number of hydrogen-bond acceptors (Lipinski definition) is 3. The van der Waals surface area contributed by atoms with Gasteiger partial charge in [-0.2, -0.15) is 0 Å². The molecule has 0 saturated carbocycles. The molecule has 0 amide bonds. The van der Waals surface area contributed by atoms with E-state index in [-0.39, 0.29) is 0 Å². The minimum atomic E-state index is 0.385. The third-order valence-corrected chi connectivity index (χ3v) is 3.89. The van der Waals surface area contributed by atoms with E-state index in [1.165, 1.54) is 24.1 Å². The Balaban J connectivity index is 1.87. The molecule has 0 aliphatic carbocycles. The summed E-state index contributed by atoms with van der Waals surface area (Å²) in [6.45, 7) is 8.66. The largest absolute Gasteiger partial charge is 0.380 e. The molecule has 3 heteroatoms. The Morgan fingerprint density at radius 3 is 2.70 bits per heavy atom. The molecule has 1 aliphatic heterocycles. The van der Waals surface area contributed by atoms with Crippen LogP contribution >= 0.6 is 0 Å². The second kappa shape index (κ2) is 7.65. The van der Waals surface area contributed by atoms with Gasteiger partial charge >= 0.3 is 0 Å². The third kappa shape index (κ3) is 4.50. The lowest BCUT2D eigenvalue weighted by molar-refractivity contribution is 0.0893. The normalized spacial score (nSPS) is 19.6. The number of piperidine rings is 1. The zero-order valence-electron chi connectivity index (χ0n) is 13.1. The average Bonchev–Trinajstić information content (AvgIpc) is 2.48. The van der Waals surface area contributed by atoms with Crippen LogP contribution in [0.4, 0.5) is 5.69 Å². The van der Waals surface area contributed by atoms with Gasteiger partial charge < -0.3 is 15.0 Å². The molecule has 1 N–H and O–H groups in total. The molecular formula is C17H28N2O. The topological polar surface area (TPSA) is 24.5 Å². The zero-order chi connectivity index (χ0) is 14.4. The molecule has 1 aromatic rings. The molecule has 20 heavy (non-hydrogen) atoms. The average molecular weight is 276 g/mol. The first-order chi connectivity index (χ1) is 9.69. The van der Waals surface area contributed by atoms with Crippen molar-refractivity contribution in [3.63, 3.8) is 0 Å². The molecule has 3 nitrogen and oxygen atoms in total. The van der Waals surface area contributed by atoms with Crippen molar-refractivity contribution in [1.82, 2.24) is 5.32 Å². The van der Waals surface area contributed by atoms with E-state index in [1.807, 2.05) is 7.11 Å². The quantitative estimate of drug-likeness (QED) is 0.864. The van der Waals surface area contributed by atoms with Crippen molar-refractivity contribution in [3.8, 4) is 0 Å².